The van der Waals surface area contributed by atoms with Crippen LogP contribution in [0, 0.1) is 0 Å². The molecule has 1 amide bonds. The van der Waals surface area contributed by atoms with E-state index in [0.29, 0.717) is 22.2 Å². The number of halogens is 2. The second kappa shape index (κ2) is 5.89. The third-order valence-corrected chi connectivity index (χ3v) is 2.51. The molecule has 1 aromatic carbocycles. The van der Waals surface area contributed by atoms with Gasteiger partial charge in [-0.3, -0.25) is 4.79 Å². The molecule has 1 atom stereocenters. The van der Waals surface area contributed by atoms with Crippen LogP contribution < -0.4 is 11.1 Å². The Labute approximate surface area is 104 Å². The van der Waals surface area contributed by atoms with Gasteiger partial charge >= 0.3 is 0 Å². The van der Waals surface area contributed by atoms with E-state index in [4.69, 9.17) is 28.9 Å². The zero-order valence-electron chi connectivity index (χ0n) is 8.54. The molecule has 0 spiro atoms. The molecule has 1 unspecified atom stereocenters. The predicted octanol–water partition coefficient (Wildman–Crippen LogP) is 2.84. The van der Waals surface area contributed by atoms with Gasteiger partial charge in [-0.15, -0.1) is 6.58 Å². The highest BCUT2D eigenvalue weighted by Gasteiger charge is 2.13. The molecule has 0 aliphatic rings. The van der Waals surface area contributed by atoms with Gasteiger partial charge in [-0.2, -0.15) is 0 Å². The highest BCUT2D eigenvalue weighted by molar-refractivity contribution is 6.35. The van der Waals surface area contributed by atoms with E-state index in [9.17, 15) is 4.79 Å². The molecule has 1 aromatic rings. The van der Waals surface area contributed by atoms with E-state index < -0.39 is 6.04 Å². The van der Waals surface area contributed by atoms with Gasteiger partial charge in [-0.05, 0) is 24.6 Å². The summed E-state index contributed by atoms with van der Waals surface area (Å²) < 4.78 is 0. The van der Waals surface area contributed by atoms with E-state index in [-0.39, 0.29) is 5.91 Å². The third kappa shape index (κ3) is 3.52. The average molecular weight is 259 g/mol. The Morgan fingerprint density at radius 2 is 2.25 bits per heavy atom. The van der Waals surface area contributed by atoms with Crippen molar-refractivity contribution in [3.05, 3.63) is 40.9 Å². The van der Waals surface area contributed by atoms with Crippen LogP contribution in [0.5, 0.6) is 0 Å². The fourth-order valence-corrected chi connectivity index (χ4v) is 1.44. The highest BCUT2D eigenvalue weighted by Crippen LogP contribution is 2.25. The summed E-state index contributed by atoms with van der Waals surface area (Å²) in [5, 5.41) is 3.52. The summed E-state index contributed by atoms with van der Waals surface area (Å²) in [7, 11) is 0. The van der Waals surface area contributed by atoms with Crippen molar-refractivity contribution in [2.75, 3.05) is 5.32 Å². The van der Waals surface area contributed by atoms with Gasteiger partial charge in [0.25, 0.3) is 0 Å². The normalized spacial score (nSPS) is 11.9. The Morgan fingerprint density at radius 1 is 1.56 bits per heavy atom. The van der Waals surface area contributed by atoms with Crippen LogP contribution in [-0.2, 0) is 4.79 Å². The van der Waals surface area contributed by atoms with E-state index >= 15 is 0 Å². The first-order valence-corrected chi connectivity index (χ1v) is 5.42. The summed E-state index contributed by atoms with van der Waals surface area (Å²) in [6.07, 6.45) is 1.99. The molecule has 16 heavy (non-hydrogen) atoms. The fraction of sp³-hybridized carbons (Fsp3) is 0.182. The summed E-state index contributed by atoms with van der Waals surface area (Å²) in [4.78, 5) is 11.6. The molecular weight excluding hydrogens is 247 g/mol. The largest absolute Gasteiger partial charge is 0.323 e. The molecule has 1 rings (SSSR count). The zero-order chi connectivity index (χ0) is 12.1. The number of hydrogen-bond acceptors (Lipinski definition) is 2. The van der Waals surface area contributed by atoms with Crippen LogP contribution in [0.25, 0.3) is 0 Å². The lowest BCUT2D eigenvalue weighted by Crippen LogP contribution is -2.35. The summed E-state index contributed by atoms with van der Waals surface area (Å²) in [5.74, 6) is -0.316. The monoisotopic (exact) mass is 258 g/mol. The SMILES string of the molecule is C=CCC(N)C(=O)Nc1cc(Cl)ccc1Cl. The Kier molecular flexibility index (Phi) is 4.80. The summed E-state index contributed by atoms with van der Waals surface area (Å²) in [6.45, 7) is 3.51. The number of nitrogens with two attached hydrogens (primary N) is 1. The van der Waals surface area contributed by atoms with Gasteiger partial charge in [-0.1, -0.05) is 29.3 Å². The molecule has 0 radical (unpaired) electrons. The lowest BCUT2D eigenvalue weighted by molar-refractivity contribution is -0.117. The molecule has 86 valence electrons. The van der Waals surface area contributed by atoms with Gasteiger partial charge in [0.15, 0.2) is 0 Å². The fourth-order valence-electron chi connectivity index (χ4n) is 1.11. The number of amides is 1. The van der Waals surface area contributed by atoms with Gasteiger partial charge in [0, 0.05) is 5.02 Å². The smallest absolute Gasteiger partial charge is 0.241 e. The molecule has 0 aliphatic heterocycles. The van der Waals surface area contributed by atoms with Crippen molar-refractivity contribution >= 4 is 34.8 Å². The van der Waals surface area contributed by atoms with Gasteiger partial charge in [0.05, 0.1) is 16.8 Å². The number of rotatable bonds is 4. The van der Waals surface area contributed by atoms with Crippen molar-refractivity contribution in [1.82, 2.24) is 0 Å². The minimum absolute atomic E-state index is 0.316. The number of hydrogen-bond donors (Lipinski definition) is 2. The average Bonchev–Trinajstić information content (AvgIpc) is 2.23. The summed E-state index contributed by atoms with van der Waals surface area (Å²) in [5.41, 5.74) is 6.06. The first-order chi connectivity index (χ1) is 7.54. The Bertz CT molecular complexity index is 407. The lowest BCUT2D eigenvalue weighted by atomic mass is 10.2. The van der Waals surface area contributed by atoms with E-state index in [1.807, 2.05) is 0 Å². The summed E-state index contributed by atoms with van der Waals surface area (Å²) in [6, 6.07) is 4.19. The van der Waals surface area contributed by atoms with Gasteiger partial charge in [-0.25, -0.2) is 0 Å². The van der Waals surface area contributed by atoms with Crippen molar-refractivity contribution in [3.8, 4) is 0 Å². The standard InChI is InChI=1S/C11H12Cl2N2O/c1-2-3-9(14)11(16)15-10-6-7(12)4-5-8(10)13/h2,4-6,9H,1,3,14H2,(H,15,16). The van der Waals surface area contributed by atoms with Crippen molar-refractivity contribution in [2.45, 2.75) is 12.5 Å². The first-order valence-electron chi connectivity index (χ1n) is 4.67. The Balaban J connectivity index is 2.76. The lowest BCUT2D eigenvalue weighted by Gasteiger charge is -2.11. The first kappa shape index (κ1) is 13.0. The van der Waals surface area contributed by atoms with Crippen molar-refractivity contribution in [1.29, 1.82) is 0 Å². The Hall–Kier alpha value is -1.03. The van der Waals surface area contributed by atoms with E-state index in [1.165, 1.54) is 0 Å². The van der Waals surface area contributed by atoms with E-state index in [1.54, 1.807) is 24.3 Å². The van der Waals surface area contributed by atoms with Crippen LogP contribution in [-0.4, -0.2) is 11.9 Å². The molecule has 5 heteroatoms. The highest BCUT2D eigenvalue weighted by atomic mass is 35.5. The number of carbonyl (C=O) groups is 1. The molecular formula is C11H12Cl2N2O. The topological polar surface area (TPSA) is 55.1 Å². The quantitative estimate of drug-likeness (QED) is 0.817. The Morgan fingerprint density at radius 3 is 2.88 bits per heavy atom. The van der Waals surface area contributed by atoms with Crippen LogP contribution in [0.3, 0.4) is 0 Å². The van der Waals surface area contributed by atoms with Crippen LogP contribution in [0.4, 0.5) is 5.69 Å². The third-order valence-electron chi connectivity index (χ3n) is 1.94. The van der Waals surface area contributed by atoms with Gasteiger partial charge in [0.2, 0.25) is 5.91 Å². The maximum Gasteiger partial charge on any atom is 0.241 e. The van der Waals surface area contributed by atoms with Crippen molar-refractivity contribution in [3.63, 3.8) is 0 Å². The minimum atomic E-state index is -0.632. The van der Waals surface area contributed by atoms with E-state index in [2.05, 4.69) is 11.9 Å². The van der Waals surface area contributed by atoms with Crippen LogP contribution in [0.2, 0.25) is 10.0 Å². The van der Waals surface area contributed by atoms with Gasteiger partial charge < -0.3 is 11.1 Å². The second-order valence-corrected chi connectivity index (χ2v) is 4.09. The molecule has 0 aromatic heterocycles. The number of anilines is 1. The molecule has 0 fully saturated rings. The molecule has 3 N–H and O–H groups in total. The van der Waals surface area contributed by atoms with Crippen molar-refractivity contribution in [2.24, 2.45) is 5.73 Å². The maximum absolute atomic E-state index is 11.6. The molecule has 3 nitrogen and oxygen atoms in total. The second-order valence-electron chi connectivity index (χ2n) is 3.24. The molecule has 0 aliphatic carbocycles. The number of nitrogens with one attached hydrogen (secondary N) is 1. The zero-order valence-corrected chi connectivity index (χ0v) is 10.1. The van der Waals surface area contributed by atoms with Crippen LogP contribution >= 0.6 is 23.2 Å². The summed E-state index contributed by atoms with van der Waals surface area (Å²) >= 11 is 11.7. The number of benzene rings is 1. The predicted molar refractivity (Wildman–Crippen MR) is 67.9 cm³/mol. The number of carbonyl (C=O) groups excluding carboxylic acids is 1. The molecule has 0 saturated carbocycles. The van der Waals surface area contributed by atoms with E-state index in [0.717, 1.165) is 0 Å². The minimum Gasteiger partial charge on any atom is -0.323 e. The van der Waals surface area contributed by atoms with Crippen LogP contribution in [0.1, 0.15) is 6.42 Å². The van der Waals surface area contributed by atoms with Crippen molar-refractivity contribution < 1.29 is 4.79 Å². The molecule has 0 heterocycles. The van der Waals surface area contributed by atoms with Crippen LogP contribution in [0.15, 0.2) is 30.9 Å². The van der Waals surface area contributed by atoms with Gasteiger partial charge in [0.1, 0.15) is 0 Å². The maximum atomic E-state index is 11.6. The molecule has 0 saturated heterocycles. The molecule has 0 bridgehead atoms.